The number of piperidine rings is 1. The van der Waals surface area contributed by atoms with E-state index in [1.165, 1.54) is 18.5 Å². The van der Waals surface area contributed by atoms with Crippen LogP contribution in [-0.2, 0) is 23.0 Å². The van der Waals surface area contributed by atoms with Crippen LogP contribution in [0.2, 0.25) is 0 Å². The fourth-order valence-corrected chi connectivity index (χ4v) is 2.89. The fraction of sp³-hybridized carbons (Fsp3) is 0.750. The van der Waals surface area contributed by atoms with Gasteiger partial charge in [-0.1, -0.05) is 0 Å². The van der Waals surface area contributed by atoms with E-state index in [-0.39, 0.29) is 11.9 Å². The first kappa shape index (κ1) is 16.0. The van der Waals surface area contributed by atoms with Gasteiger partial charge in [-0.2, -0.15) is 0 Å². The van der Waals surface area contributed by atoms with E-state index < -0.39 is 0 Å². The van der Waals surface area contributed by atoms with Gasteiger partial charge in [0.15, 0.2) is 0 Å². The van der Waals surface area contributed by atoms with Gasteiger partial charge in [0.05, 0.1) is 24.5 Å². The summed E-state index contributed by atoms with van der Waals surface area (Å²) in [6.07, 6.45) is 9.26. The van der Waals surface area contributed by atoms with Crippen molar-refractivity contribution in [3.63, 3.8) is 0 Å². The zero-order valence-electron chi connectivity index (χ0n) is 13.3. The predicted octanol–water partition coefficient (Wildman–Crippen LogP) is 2.02. The van der Waals surface area contributed by atoms with Crippen molar-refractivity contribution in [1.29, 1.82) is 0 Å². The summed E-state index contributed by atoms with van der Waals surface area (Å²) in [5.41, 5.74) is 1.18. The fourth-order valence-electron chi connectivity index (χ4n) is 2.89. The number of imidazole rings is 1. The summed E-state index contributed by atoms with van der Waals surface area (Å²) >= 11 is 0. The van der Waals surface area contributed by atoms with Gasteiger partial charge < -0.3 is 14.2 Å². The summed E-state index contributed by atoms with van der Waals surface area (Å²) in [4.78, 5) is 18.5. The van der Waals surface area contributed by atoms with E-state index in [2.05, 4.69) is 16.1 Å². The molecule has 1 fully saturated rings. The Morgan fingerprint density at radius 1 is 1.38 bits per heavy atom. The molecule has 1 saturated heterocycles. The van der Waals surface area contributed by atoms with Gasteiger partial charge in [0.2, 0.25) is 0 Å². The first-order valence-electron chi connectivity index (χ1n) is 8.05. The van der Waals surface area contributed by atoms with Gasteiger partial charge in [0.1, 0.15) is 0 Å². The number of carbonyl (C=O) groups is 1. The molecule has 5 nitrogen and oxygen atoms in total. The maximum atomic E-state index is 11.7. The van der Waals surface area contributed by atoms with Gasteiger partial charge in [-0.15, -0.1) is 0 Å². The van der Waals surface area contributed by atoms with Crippen LogP contribution in [0.4, 0.5) is 0 Å². The number of esters is 1. The average molecular weight is 293 g/mol. The van der Waals surface area contributed by atoms with Gasteiger partial charge in [-0.25, -0.2) is 4.98 Å². The first-order valence-corrected chi connectivity index (χ1v) is 8.05. The molecule has 1 aliphatic heterocycles. The molecule has 0 radical (unpaired) electrons. The van der Waals surface area contributed by atoms with Crippen molar-refractivity contribution < 1.29 is 9.53 Å². The number of unbranched alkanes of at least 4 members (excludes halogenated alkanes) is 1. The molecule has 5 heteroatoms. The Hall–Kier alpha value is -1.36. The molecule has 0 aliphatic carbocycles. The van der Waals surface area contributed by atoms with Gasteiger partial charge in [-0.3, -0.25) is 4.79 Å². The Morgan fingerprint density at radius 2 is 2.14 bits per heavy atom. The van der Waals surface area contributed by atoms with Crippen LogP contribution in [0.25, 0.3) is 0 Å². The van der Waals surface area contributed by atoms with E-state index in [1.54, 1.807) is 0 Å². The van der Waals surface area contributed by atoms with E-state index in [4.69, 9.17) is 4.74 Å². The zero-order valence-corrected chi connectivity index (χ0v) is 13.3. The monoisotopic (exact) mass is 293 g/mol. The number of hydrogen-bond acceptors (Lipinski definition) is 4. The Kier molecular flexibility index (Phi) is 6.23. The van der Waals surface area contributed by atoms with Crippen LogP contribution in [0.5, 0.6) is 0 Å². The van der Waals surface area contributed by atoms with Gasteiger partial charge in [0.25, 0.3) is 0 Å². The molecule has 21 heavy (non-hydrogen) atoms. The number of likely N-dealkylation sites (tertiary alicyclic amines) is 1. The van der Waals surface area contributed by atoms with Crippen LogP contribution in [0.15, 0.2) is 12.5 Å². The smallest absolute Gasteiger partial charge is 0.309 e. The lowest BCUT2D eigenvalue weighted by molar-refractivity contribution is -0.149. The lowest BCUT2D eigenvalue weighted by Crippen LogP contribution is -2.37. The highest BCUT2D eigenvalue weighted by Crippen LogP contribution is 2.19. The number of carbonyl (C=O) groups excluding carboxylic acids is 1. The van der Waals surface area contributed by atoms with E-state index in [0.717, 1.165) is 38.9 Å². The molecule has 1 aromatic rings. The van der Waals surface area contributed by atoms with Crippen molar-refractivity contribution in [3.8, 4) is 0 Å². The number of ether oxygens (including phenoxy) is 1. The maximum absolute atomic E-state index is 11.7. The van der Waals surface area contributed by atoms with Crippen molar-refractivity contribution in [2.24, 2.45) is 13.0 Å². The highest BCUT2D eigenvalue weighted by molar-refractivity contribution is 5.72. The molecular weight excluding hydrogens is 266 g/mol. The third-order valence-corrected chi connectivity index (χ3v) is 4.12. The van der Waals surface area contributed by atoms with E-state index in [0.29, 0.717) is 6.61 Å². The predicted molar refractivity (Wildman–Crippen MR) is 81.9 cm³/mol. The summed E-state index contributed by atoms with van der Waals surface area (Å²) < 4.78 is 7.10. The van der Waals surface area contributed by atoms with Crippen molar-refractivity contribution in [1.82, 2.24) is 14.5 Å². The van der Waals surface area contributed by atoms with Crippen LogP contribution < -0.4 is 0 Å². The quantitative estimate of drug-likeness (QED) is 0.570. The summed E-state index contributed by atoms with van der Waals surface area (Å²) in [7, 11) is 2.00. The normalized spacial score (nSPS) is 17.0. The molecular formula is C16H27N3O2. The molecule has 0 N–H and O–H groups in total. The SMILES string of the molecule is CCOC(=O)C1CCN(CCCCc2cn(C)cn2)CC1. The molecule has 0 spiro atoms. The molecule has 0 aromatic carbocycles. The number of hydrogen-bond donors (Lipinski definition) is 0. The Balaban J connectivity index is 1.57. The molecule has 2 rings (SSSR count). The van der Waals surface area contributed by atoms with Crippen LogP contribution >= 0.6 is 0 Å². The van der Waals surface area contributed by atoms with Crippen molar-refractivity contribution >= 4 is 5.97 Å². The average Bonchev–Trinajstić information content (AvgIpc) is 2.90. The Labute approximate surface area is 127 Å². The molecule has 1 aromatic heterocycles. The minimum absolute atomic E-state index is 0.00713. The van der Waals surface area contributed by atoms with Crippen LogP contribution in [0.3, 0.4) is 0 Å². The Morgan fingerprint density at radius 3 is 2.76 bits per heavy atom. The van der Waals surface area contributed by atoms with Crippen molar-refractivity contribution in [2.45, 2.75) is 39.0 Å². The van der Waals surface area contributed by atoms with Crippen LogP contribution in [0, 0.1) is 5.92 Å². The van der Waals surface area contributed by atoms with E-state index in [9.17, 15) is 4.79 Å². The van der Waals surface area contributed by atoms with Gasteiger partial charge in [0, 0.05) is 13.2 Å². The van der Waals surface area contributed by atoms with Crippen LogP contribution in [0.1, 0.15) is 38.3 Å². The minimum Gasteiger partial charge on any atom is -0.466 e. The lowest BCUT2D eigenvalue weighted by atomic mass is 9.97. The first-order chi connectivity index (χ1) is 10.2. The Bertz CT molecular complexity index is 436. The summed E-state index contributed by atoms with van der Waals surface area (Å²) in [6, 6.07) is 0. The van der Waals surface area contributed by atoms with Crippen LogP contribution in [-0.4, -0.2) is 46.7 Å². The molecule has 0 unspecified atom stereocenters. The molecule has 0 bridgehead atoms. The zero-order chi connectivity index (χ0) is 15.1. The molecule has 0 saturated carbocycles. The highest BCUT2D eigenvalue weighted by atomic mass is 16.5. The summed E-state index contributed by atoms with van der Waals surface area (Å²) in [5.74, 6) is 0.113. The number of aromatic nitrogens is 2. The third-order valence-electron chi connectivity index (χ3n) is 4.12. The molecule has 2 heterocycles. The lowest BCUT2D eigenvalue weighted by Gasteiger charge is -2.30. The number of rotatable bonds is 7. The van der Waals surface area contributed by atoms with Gasteiger partial charge in [-0.05, 0) is 58.7 Å². The molecule has 118 valence electrons. The maximum Gasteiger partial charge on any atom is 0.309 e. The second-order valence-corrected chi connectivity index (χ2v) is 5.86. The second kappa shape index (κ2) is 8.17. The molecule has 0 amide bonds. The molecule has 1 aliphatic rings. The van der Waals surface area contributed by atoms with Gasteiger partial charge >= 0.3 is 5.97 Å². The summed E-state index contributed by atoms with van der Waals surface area (Å²) in [5, 5.41) is 0. The standard InChI is InChI=1S/C16H27N3O2/c1-3-21-16(20)14-7-10-19(11-8-14)9-5-4-6-15-12-18(2)13-17-15/h12-14H,3-11H2,1-2H3. The third kappa shape index (κ3) is 5.16. The number of aryl methyl sites for hydroxylation is 2. The van der Waals surface area contributed by atoms with Crippen molar-refractivity contribution in [2.75, 3.05) is 26.2 Å². The summed E-state index contributed by atoms with van der Waals surface area (Å²) in [6.45, 7) is 5.53. The number of nitrogens with zero attached hydrogens (tertiary/aromatic N) is 3. The molecule has 0 atom stereocenters. The van der Waals surface area contributed by atoms with E-state index >= 15 is 0 Å². The van der Waals surface area contributed by atoms with Crippen molar-refractivity contribution in [3.05, 3.63) is 18.2 Å². The van der Waals surface area contributed by atoms with E-state index in [1.807, 2.05) is 24.9 Å². The minimum atomic E-state index is -0.00713. The largest absolute Gasteiger partial charge is 0.466 e. The highest BCUT2D eigenvalue weighted by Gasteiger charge is 2.25. The second-order valence-electron chi connectivity index (χ2n) is 5.86. The topological polar surface area (TPSA) is 47.4 Å².